The molecule has 1 aromatic heterocycles. The summed E-state index contributed by atoms with van der Waals surface area (Å²) in [6.07, 6.45) is 3.38. The van der Waals surface area contributed by atoms with Crippen LogP contribution < -0.4 is 4.57 Å². The Balaban J connectivity index is 1.92. The van der Waals surface area contributed by atoms with E-state index in [4.69, 9.17) is 0 Å². The number of nitrogens with zero attached hydrogens (tertiary/aromatic N) is 1. The summed E-state index contributed by atoms with van der Waals surface area (Å²) in [7, 11) is 0. The Morgan fingerprint density at radius 1 is 0.909 bits per heavy atom. The van der Waals surface area contributed by atoms with Crippen molar-refractivity contribution in [2.75, 3.05) is 0 Å². The van der Waals surface area contributed by atoms with Gasteiger partial charge in [-0.1, -0.05) is 49.4 Å². The van der Waals surface area contributed by atoms with E-state index in [1.54, 1.807) is 0 Å². The standard InChI is InChI=1S/C21H20N/c1-3-20-18-10-6-7-11-19(18)21-14-16(12-13-22(20)21)17-9-5-4-8-15(17)2/h4-14,20H,3H2,1-2H3/q+1. The Morgan fingerprint density at radius 2 is 1.64 bits per heavy atom. The van der Waals surface area contributed by atoms with E-state index in [-0.39, 0.29) is 0 Å². The number of rotatable bonds is 2. The lowest BCUT2D eigenvalue weighted by Crippen LogP contribution is -2.37. The molecule has 22 heavy (non-hydrogen) atoms. The smallest absolute Gasteiger partial charge is 0.191 e. The first-order valence-corrected chi connectivity index (χ1v) is 8.00. The zero-order valence-corrected chi connectivity index (χ0v) is 13.1. The van der Waals surface area contributed by atoms with E-state index in [1.165, 1.54) is 33.5 Å². The molecule has 3 aromatic rings. The van der Waals surface area contributed by atoms with Crippen LogP contribution in [0.15, 0.2) is 66.9 Å². The molecule has 0 radical (unpaired) electrons. The van der Waals surface area contributed by atoms with Crippen molar-refractivity contribution < 1.29 is 4.57 Å². The fourth-order valence-electron chi connectivity index (χ4n) is 3.65. The summed E-state index contributed by atoms with van der Waals surface area (Å²) in [4.78, 5) is 0. The number of fused-ring (bicyclic) bond motifs is 3. The van der Waals surface area contributed by atoms with Gasteiger partial charge in [0.15, 0.2) is 12.2 Å². The molecule has 0 N–H and O–H groups in total. The quantitative estimate of drug-likeness (QED) is 0.588. The van der Waals surface area contributed by atoms with Crippen molar-refractivity contribution in [2.45, 2.75) is 26.3 Å². The van der Waals surface area contributed by atoms with Crippen molar-refractivity contribution in [3.63, 3.8) is 0 Å². The monoisotopic (exact) mass is 286 g/mol. The lowest BCUT2D eigenvalue weighted by molar-refractivity contribution is -0.698. The highest BCUT2D eigenvalue weighted by Crippen LogP contribution is 2.36. The number of hydrogen-bond acceptors (Lipinski definition) is 0. The van der Waals surface area contributed by atoms with Gasteiger partial charge in [-0.15, -0.1) is 0 Å². The SMILES string of the molecule is CCC1c2ccccc2-c2cc(-c3ccccc3C)cc[n+]21. The average Bonchev–Trinajstić information content (AvgIpc) is 2.88. The number of aryl methyl sites for hydroxylation is 1. The van der Waals surface area contributed by atoms with Gasteiger partial charge in [-0.3, -0.25) is 0 Å². The molecule has 1 heteroatoms. The molecule has 1 nitrogen and oxygen atoms in total. The van der Waals surface area contributed by atoms with Crippen molar-refractivity contribution in [1.82, 2.24) is 0 Å². The molecule has 0 saturated heterocycles. The summed E-state index contributed by atoms with van der Waals surface area (Å²) in [6.45, 7) is 4.44. The minimum absolute atomic E-state index is 0.470. The van der Waals surface area contributed by atoms with E-state index in [9.17, 15) is 0 Å². The van der Waals surface area contributed by atoms with Gasteiger partial charge in [-0.25, -0.2) is 0 Å². The summed E-state index contributed by atoms with van der Waals surface area (Å²) in [5, 5.41) is 0. The second-order valence-corrected chi connectivity index (χ2v) is 6.03. The highest BCUT2D eigenvalue weighted by atomic mass is 15.0. The normalized spacial score (nSPS) is 15.5. The molecule has 1 aliphatic heterocycles. The van der Waals surface area contributed by atoms with E-state index in [1.807, 2.05) is 0 Å². The summed E-state index contributed by atoms with van der Waals surface area (Å²) in [6, 6.07) is 22.5. The van der Waals surface area contributed by atoms with E-state index in [0.717, 1.165) is 6.42 Å². The van der Waals surface area contributed by atoms with Crippen LogP contribution >= 0.6 is 0 Å². The first kappa shape index (κ1) is 13.3. The van der Waals surface area contributed by atoms with Gasteiger partial charge in [0, 0.05) is 24.1 Å². The van der Waals surface area contributed by atoms with Crippen LogP contribution in [0.5, 0.6) is 0 Å². The number of hydrogen-bond donors (Lipinski definition) is 0. The van der Waals surface area contributed by atoms with Crippen LogP contribution in [0.25, 0.3) is 22.4 Å². The molecule has 1 atom stereocenters. The fraction of sp³-hybridized carbons (Fsp3) is 0.190. The Kier molecular flexibility index (Phi) is 3.07. The third kappa shape index (κ3) is 1.89. The van der Waals surface area contributed by atoms with Crippen molar-refractivity contribution in [1.29, 1.82) is 0 Å². The maximum Gasteiger partial charge on any atom is 0.214 e. The minimum atomic E-state index is 0.470. The molecule has 1 aliphatic rings. The Labute approximate surface area is 131 Å². The van der Waals surface area contributed by atoms with Crippen LogP contribution in [-0.2, 0) is 0 Å². The van der Waals surface area contributed by atoms with E-state index < -0.39 is 0 Å². The van der Waals surface area contributed by atoms with Gasteiger partial charge in [-0.05, 0) is 29.7 Å². The first-order chi connectivity index (χ1) is 10.8. The zero-order valence-electron chi connectivity index (χ0n) is 13.1. The second kappa shape index (κ2) is 5.10. The molecular formula is C21H20N+. The van der Waals surface area contributed by atoms with Crippen molar-refractivity contribution in [3.8, 4) is 22.4 Å². The van der Waals surface area contributed by atoms with E-state index >= 15 is 0 Å². The molecule has 2 aromatic carbocycles. The van der Waals surface area contributed by atoms with Crippen LogP contribution in [0.1, 0.15) is 30.5 Å². The zero-order chi connectivity index (χ0) is 15.1. The Morgan fingerprint density at radius 3 is 2.41 bits per heavy atom. The minimum Gasteiger partial charge on any atom is -0.191 e. The highest BCUT2D eigenvalue weighted by molar-refractivity contribution is 5.73. The van der Waals surface area contributed by atoms with Crippen molar-refractivity contribution >= 4 is 0 Å². The molecule has 0 bridgehead atoms. The second-order valence-electron chi connectivity index (χ2n) is 6.03. The van der Waals surface area contributed by atoms with Crippen molar-refractivity contribution in [2.24, 2.45) is 0 Å². The molecule has 0 spiro atoms. The van der Waals surface area contributed by atoms with Crippen LogP contribution in [-0.4, -0.2) is 0 Å². The molecule has 0 aliphatic carbocycles. The molecular weight excluding hydrogens is 266 g/mol. The maximum absolute atomic E-state index is 2.42. The summed E-state index contributed by atoms with van der Waals surface area (Å²) in [5.74, 6) is 0. The summed E-state index contributed by atoms with van der Waals surface area (Å²) < 4.78 is 2.42. The predicted octanol–water partition coefficient (Wildman–Crippen LogP) is 4.93. The fourth-order valence-corrected chi connectivity index (χ4v) is 3.65. The topological polar surface area (TPSA) is 3.88 Å². The van der Waals surface area contributed by atoms with Crippen molar-refractivity contribution in [3.05, 3.63) is 78.0 Å². The van der Waals surface area contributed by atoms with Gasteiger partial charge >= 0.3 is 0 Å². The average molecular weight is 286 g/mol. The van der Waals surface area contributed by atoms with Gasteiger partial charge in [-0.2, -0.15) is 4.57 Å². The molecule has 2 heterocycles. The lowest BCUT2D eigenvalue weighted by Gasteiger charge is -2.07. The van der Waals surface area contributed by atoms with Crippen LogP contribution in [0, 0.1) is 6.92 Å². The largest absolute Gasteiger partial charge is 0.214 e. The van der Waals surface area contributed by atoms with Gasteiger partial charge in [0.05, 0.1) is 5.56 Å². The maximum atomic E-state index is 2.42. The van der Waals surface area contributed by atoms with Gasteiger partial charge in [0.25, 0.3) is 0 Å². The molecule has 4 rings (SSSR count). The molecule has 0 fully saturated rings. The first-order valence-electron chi connectivity index (χ1n) is 8.00. The lowest BCUT2D eigenvalue weighted by atomic mass is 9.99. The molecule has 1 unspecified atom stereocenters. The number of benzene rings is 2. The van der Waals surface area contributed by atoms with Gasteiger partial charge in [0.1, 0.15) is 0 Å². The Bertz CT molecular complexity index is 848. The third-order valence-electron chi connectivity index (χ3n) is 4.76. The molecule has 0 amide bonds. The van der Waals surface area contributed by atoms with Crippen LogP contribution in [0.3, 0.4) is 0 Å². The van der Waals surface area contributed by atoms with Gasteiger partial charge < -0.3 is 0 Å². The summed E-state index contributed by atoms with van der Waals surface area (Å²) >= 11 is 0. The summed E-state index contributed by atoms with van der Waals surface area (Å²) in [5.41, 5.74) is 8.12. The highest BCUT2D eigenvalue weighted by Gasteiger charge is 2.34. The van der Waals surface area contributed by atoms with E-state index in [2.05, 4.69) is 85.3 Å². The van der Waals surface area contributed by atoms with Crippen LogP contribution in [0.2, 0.25) is 0 Å². The molecule has 108 valence electrons. The Hall–Kier alpha value is -2.41. The molecule has 0 saturated carbocycles. The van der Waals surface area contributed by atoms with Crippen LogP contribution in [0.4, 0.5) is 0 Å². The number of aromatic nitrogens is 1. The van der Waals surface area contributed by atoms with Gasteiger partial charge in [0.2, 0.25) is 5.69 Å². The third-order valence-corrected chi connectivity index (χ3v) is 4.76. The van der Waals surface area contributed by atoms with E-state index in [0.29, 0.717) is 6.04 Å². The number of pyridine rings is 1. The predicted molar refractivity (Wildman–Crippen MR) is 90.7 cm³/mol.